The second-order valence-electron chi connectivity index (χ2n) is 8.20. The first-order valence-corrected chi connectivity index (χ1v) is 9.69. The minimum absolute atomic E-state index is 0.0388. The third kappa shape index (κ3) is 5.11. The predicted octanol–water partition coefficient (Wildman–Crippen LogP) is 5.06. The SMILES string of the molecule is C[C@@H]1CN(C(=O)OC(C)(C)C)C[C@H](C)C1(O)c1ccc(Br)cc1OC(F)(F)F. The fraction of sp³-hybridized carbons (Fsp3) is 0.632. The van der Waals surface area contributed by atoms with Crippen molar-refractivity contribution in [3.63, 3.8) is 0 Å². The molecule has 1 aromatic rings. The number of benzene rings is 1. The number of halogens is 4. The van der Waals surface area contributed by atoms with Crippen LogP contribution in [0.15, 0.2) is 22.7 Å². The lowest BCUT2D eigenvalue weighted by molar-refractivity contribution is -0.275. The number of alkyl halides is 3. The maximum Gasteiger partial charge on any atom is 0.573 e. The van der Waals surface area contributed by atoms with Crippen LogP contribution >= 0.6 is 15.9 Å². The van der Waals surface area contributed by atoms with Crippen molar-refractivity contribution in [2.75, 3.05) is 13.1 Å². The fourth-order valence-electron chi connectivity index (χ4n) is 3.54. The van der Waals surface area contributed by atoms with Crippen LogP contribution in [0.25, 0.3) is 0 Å². The van der Waals surface area contributed by atoms with Crippen LogP contribution in [-0.4, -0.2) is 41.2 Å². The Balaban J connectivity index is 2.36. The molecule has 1 aromatic carbocycles. The minimum atomic E-state index is -4.89. The molecule has 158 valence electrons. The van der Waals surface area contributed by atoms with Crippen LogP contribution in [-0.2, 0) is 10.3 Å². The molecule has 9 heteroatoms. The molecule has 1 aliphatic rings. The number of hydrogen-bond acceptors (Lipinski definition) is 4. The van der Waals surface area contributed by atoms with Gasteiger partial charge in [-0.2, -0.15) is 0 Å². The van der Waals surface area contributed by atoms with Gasteiger partial charge in [0.2, 0.25) is 0 Å². The summed E-state index contributed by atoms with van der Waals surface area (Å²) in [5.41, 5.74) is -2.24. The molecule has 1 heterocycles. The van der Waals surface area contributed by atoms with E-state index in [1.165, 1.54) is 17.0 Å². The van der Waals surface area contributed by atoms with Gasteiger partial charge in [-0.3, -0.25) is 0 Å². The van der Waals surface area contributed by atoms with E-state index in [1.54, 1.807) is 40.7 Å². The molecule has 0 aromatic heterocycles. The molecular formula is C19H25BrF3NO4. The van der Waals surface area contributed by atoms with Crippen LogP contribution in [0.5, 0.6) is 5.75 Å². The van der Waals surface area contributed by atoms with E-state index >= 15 is 0 Å². The summed E-state index contributed by atoms with van der Waals surface area (Å²) in [6, 6.07) is 4.15. The third-order valence-corrected chi connectivity index (χ3v) is 5.24. The third-order valence-electron chi connectivity index (χ3n) is 4.74. The number of rotatable bonds is 2. The molecule has 1 N–H and O–H groups in total. The van der Waals surface area contributed by atoms with E-state index in [9.17, 15) is 23.1 Å². The first-order valence-electron chi connectivity index (χ1n) is 8.89. The molecule has 1 unspecified atom stereocenters. The van der Waals surface area contributed by atoms with Gasteiger partial charge in [-0.15, -0.1) is 13.2 Å². The molecule has 0 radical (unpaired) electrons. The Morgan fingerprint density at radius 1 is 1.21 bits per heavy atom. The number of likely N-dealkylation sites (tertiary alicyclic amines) is 1. The normalized spacial score (nSPS) is 26.1. The first-order chi connectivity index (χ1) is 12.6. The topological polar surface area (TPSA) is 59.0 Å². The summed E-state index contributed by atoms with van der Waals surface area (Å²) in [5, 5.41) is 11.4. The maximum absolute atomic E-state index is 12.9. The number of hydrogen-bond donors (Lipinski definition) is 1. The Morgan fingerprint density at radius 2 is 1.75 bits per heavy atom. The maximum atomic E-state index is 12.9. The summed E-state index contributed by atoms with van der Waals surface area (Å²) in [6.45, 7) is 8.90. The van der Waals surface area contributed by atoms with E-state index in [4.69, 9.17) is 4.74 Å². The molecule has 0 aliphatic carbocycles. The highest BCUT2D eigenvalue weighted by molar-refractivity contribution is 9.10. The second kappa shape index (κ2) is 7.74. The van der Waals surface area contributed by atoms with Gasteiger partial charge in [0.25, 0.3) is 0 Å². The number of nitrogens with zero attached hydrogens (tertiary/aromatic N) is 1. The molecule has 28 heavy (non-hydrogen) atoms. The lowest BCUT2D eigenvalue weighted by Gasteiger charge is -2.48. The van der Waals surface area contributed by atoms with Crippen LogP contribution in [0.1, 0.15) is 40.2 Å². The average Bonchev–Trinajstić information content (AvgIpc) is 2.49. The second-order valence-corrected chi connectivity index (χ2v) is 9.12. The number of amides is 1. The smallest absolute Gasteiger partial charge is 0.444 e. The zero-order valence-electron chi connectivity index (χ0n) is 16.4. The Bertz CT molecular complexity index is 721. The molecule has 1 fully saturated rings. The van der Waals surface area contributed by atoms with Crippen LogP contribution in [0.2, 0.25) is 0 Å². The van der Waals surface area contributed by atoms with E-state index in [0.717, 1.165) is 0 Å². The van der Waals surface area contributed by atoms with Gasteiger partial charge in [0.05, 0.1) is 0 Å². The van der Waals surface area contributed by atoms with Crippen molar-refractivity contribution >= 4 is 22.0 Å². The fourth-order valence-corrected chi connectivity index (χ4v) is 3.88. The first kappa shape index (κ1) is 22.8. The summed E-state index contributed by atoms with van der Waals surface area (Å²) >= 11 is 3.13. The average molecular weight is 468 g/mol. The molecule has 1 amide bonds. The van der Waals surface area contributed by atoms with Crippen molar-refractivity contribution in [1.82, 2.24) is 4.90 Å². The van der Waals surface area contributed by atoms with Gasteiger partial charge in [0, 0.05) is 35.0 Å². The Hall–Kier alpha value is -1.48. The van der Waals surface area contributed by atoms with Gasteiger partial charge in [-0.25, -0.2) is 4.79 Å². The zero-order chi connectivity index (χ0) is 21.5. The van der Waals surface area contributed by atoms with Gasteiger partial charge >= 0.3 is 12.5 Å². The van der Waals surface area contributed by atoms with E-state index in [-0.39, 0.29) is 18.7 Å². The predicted molar refractivity (Wildman–Crippen MR) is 101 cm³/mol. The van der Waals surface area contributed by atoms with Crippen LogP contribution < -0.4 is 4.74 Å². The highest BCUT2D eigenvalue weighted by atomic mass is 79.9. The number of aliphatic hydroxyl groups is 1. The molecule has 3 atom stereocenters. The van der Waals surface area contributed by atoms with E-state index < -0.39 is 41.2 Å². The van der Waals surface area contributed by atoms with Crippen molar-refractivity contribution in [2.45, 2.75) is 52.2 Å². The van der Waals surface area contributed by atoms with E-state index in [2.05, 4.69) is 20.7 Å². The van der Waals surface area contributed by atoms with Gasteiger partial charge in [-0.1, -0.05) is 35.8 Å². The van der Waals surface area contributed by atoms with Gasteiger partial charge in [-0.05, 0) is 32.9 Å². The largest absolute Gasteiger partial charge is 0.573 e. The van der Waals surface area contributed by atoms with Crippen LogP contribution in [0.3, 0.4) is 0 Å². The van der Waals surface area contributed by atoms with E-state index in [0.29, 0.717) is 4.47 Å². The highest BCUT2D eigenvalue weighted by Crippen LogP contribution is 2.46. The quantitative estimate of drug-likeness (QED) is 0.660. The lowest BCUT2D eigenvalue weighted by atomic mass is 9.70. The van der Waals surface area contributed by atoms with Crippen molar-refractivity contribution in [3.05, 3.63) is 28.2 Å². The summed E-state index contributed by atoms with van der Waals surface area (Å²) < 4.78 is 48.6. The van der Waals surface area contributed by atoms with Crippen LogP contribution in [0, 0.1) is 11.8 Å². The molecular weight excluding hydrogens is 443 g/mol. The summed E-state index contributed by atoms with van der Waals surface area (Å²) in [6.07, 6.45) is -5.41. The van der Waals surface area contributed by atoms with Crippen molar-refractivity contribution in [3.8, 4) is 5.75 Å². The molecule has 1 saturated heterocycles. The molecule has 0 saturated carbocycles. The molecule has 2 rings (SSSR count). The highest BCUT2D eigenvalue weighted by Gasteiger charge is 2.49. The number of carbonyl (C=O) groups excluding carboxylic acids is 1. The van der Waals surface area contributed by atoms with Gasteiger partial charge in [0.15, 0.2) is 0 Å². The summed E-state index contributed by atoms with van der Waals surface area (Å²) in [4.78, 5) is 13.9. The number of piperidine rings is 1. The number of ether oxygens (including phenoxy) is 2. The van der Waals surface area contributed by atoms with Crippen LogP contribution in [0.4, 0.5) is 18.0 Å². The van der Waals surface area contributed by atoms with Crippen molar-refractivity contribution < 1.29 is 32.5 Å². The molecule has 0 spiro atoms. The lowest BCUT2D eigenvalue weighted by Crippen LogP contribution is -2.56. The minimum Gasteiger partial charge on any atom is -0.444 e. The zero-order valence-corrected chi connectivity index (χ0v) is 18.0. The molecule has 0 bridgehead atoms. The van der Waals surface area contributed by atoms with Crippen molar-refractivity contribution in [2.24, 2.45) is 11.8 Å². The Morgan fingerprint density at radius 3 is 2.21 bits per heavy atom. The van der Waals surface area contributed by atoms with Crippen molar-refractivity contribution in [1.29, 1.82) is 0 Å². The molecule has 1 aliphatic heterocycles. The van der Waals surface area contributed by atoms with Gasteiger partial charge in [0.1, 0.15) is 17.0 Å². The van der Waals surface area contributed by atoms with Gasteiger partial charge < -0.3 is 19.5 Å². The monoisotopic (exact) mass is 467 g/mol. The number of carbonyl (C=O) groups is 1. The van der Waals surface area contributed by atoms with E-state index in [1.807, 2.05) is 0 Å². The summed E-state index contributed by atoms with van der Waals surface area (Å²) in [7, 11) is 0. The molecule has 5 nitrogen and oxygen atoms in total. The Labute approximate surface area is 170 Å². The summed E-state index contributed by atoms with van der Waals surface area (Å²) in [5.74, 6) is -1.57. The Kier molecular flexibility index (Phi) is 6.31. The standard InChI is InChI=1S/C19H25BrF3NO4/c1-11-9-24(16(25)28-17(3,4)5)10-12(2)18(11,26)14-7-6-13(20)8-15(14)27-19(21,22)23/h6-8,11-12,26H,9-10H2,1-5H3/t11-,12+,18?.